The quantitative estimate of drug-likeness (QED) is 0.738. The van der Waals surface area contributed by atoms with Gasteiger partial charge in [-0.25, -0.2) is 0 Å². The van der Waals surface area contributed by atoms with Crippen LogP contribution < -0.4 is 9.47 Å². The molecule has 2 rings (SSSR count). The minimum Gasteiger partial charge on any atom is -0.490 e. The summed E-state index contributed by atoms with van der Waals surface area (Å²) < 4.78 is 11.1. The Morgan fingerprint density at radius 1 is 1.29 bits per heavy atom. The Hall–Kier alpha value is -1.22. The van der Waals surface area contributed by atoms with Crippen molar-refractivity contribution in [3.63, 3.8) is 0 Å². The molecule has 0 aliphatic carbocycles. The first-order valence-electron chi connectivity index (χ1n) is 4.82. The van der Waals surface area contributed by atoms with Gasteiger partial charge in [0.2, 0.25) is 0 Å². The highest BCUT2D eigenvalue weighted by molar-refractivity contribution is 5.50. The van der Waals surface area contributed by atoms with Gasteiger partial charge in [-0.15, -0.1) is 0 Å². The number of hydrogen-bond donors (Lipinski definition) is 1. The molecule has 0 bridgehead atoms. The van der Waals surface area contributed by atoms with Gasteiger partial charge in [-0.1, -0.05) is 6.07 Å². The summed E-state index contributed by atoms with van der Waals surface area (Å²) in [5.41, 5.74) is 1.88. The van der Waals surface area contributed by atoms with E-state index in [0.717, 1.165) is 29.0 Å². The molecule has 0 aromatic heterocycles. The van der Waals surface area contributed by atoms with E-state index in [1.54, 1.807) is 0 Å². The number of ether oxygens (including phenoxy) is 2. The Labute approximate surface area is 83.3 Å². The number of aliphatic hydroxyl groups excluding tert-OH is 1. The molecule has 3 heteroatoms. The highest BCUT2D eigenvalue weighted by Gasteiger charge is 2.14. The molecule has 0 spiro atoms. The maximum atomic E-state index is 9.09. The van der Waals surface area contributed by atoms with Crippen molar-refractivity contribution in [1.29, 1.82) is 0 Å². The fraction of sp³-hybridized carbons (Fsp3) is 0.455. The van der Waals surface area contributed by atoms with E-state index in [0.29, 0.717) is 13.2 Å². The standard InChI is InChI=1S/C11H14O3/c1-8-9(7-12)3-4-10-11(8)14-6-2-5-13-10/h3-4,12H,2,5-7H2,1H3. The van der Waals surface area contributed by atoms with Crippen LogP contribution in [0.3, 0.4) is 0 Å². The molecule has 0 saturated heterocycles. The van der Waals surface area contributed by atoms with Crippen LogP contribution in [0.15, 0.2) is 12.1 Å². The largest absolute Gasteiger partial charge is 0.490 e. The van der Waals surface area contributed by atoms with E-state index < -0.39 is 0 Å². The first-order valence-corrected chi connectivity index (χ1v) is 4.82. The average Bonchev–Trinajstić information content (AvgIpc) is 2.44. The van der Waals surface area contributed by atoms with Crippen LogP contribution in [0.1, 0.15) is 17.5 Å². The number of fused-ring (bicyclic) bond motifs is 1. The summed E-state index contributed by atoms with van der Waals surface area (Å²) >= 11 is 0. The lowest BCUT2D eigenvalue weighted by atomic mass is 10.1. The Morgan fingerprint density at radius 3 is 2.86 bits per heavy atom. The van der Waals surface area contributed by atoms with Gasteiger partial charge in [0.05, 0.1) is 19.8 Å². The number of hydrogen-bond acceptors (Lipinski definition) is 3. The lowest BCUT2D eigenvalue weighted by molar-refractivity contribution is 0.278. The Morgan fingerprint density at radius 2 is 2.07 bits per heavy atom. The van der Waals surface area contributed by atoms with E-state index in [9.17, 15) is 0 Å². The number of aliphatic hydroxyl groups is 1. The molecular formula is C11H14O3. The van der Waals surface area contributed by atoms with Crippen molar-refractivity contribution >= 4 is 0 Å². The van der Waals surface area contributed by atoms with Gasteiger partial charge >= 0.3 is 0 Å². The molecule has 1 N–H and O–H groups in total. The van der Waals surface area contributed by atoms with Crippen molar-refractivity contribution in [3.8, 4) is 11.5 Å². The maximum Gasteiger partial charge on any atom is 0.164 e. The monoisotopic (exact) mass is 194 g/mol. The minimum absolute atomic E-state index is 0.0441. The molecule has 1 heterocycles. The SMILES string of the molecule is Cc1c(CO)ccc2c1OCCCO2. The van der Waals surface area contributed by atoms with Gasteiger partial charge in [0.15, 0.2) is 11.5 Å². The molecule has 0 saturated carbocycles. The van der Waals surface area contributed by atoms with E-state index in [4.69, 9.17) is 14.6 Å². The minimum atomic E-state index is 0.0441. The van der Waals surface area contributed by atoms with Gasteiger partial charge < -0.3 is 14.6 Å². The maximum absolute atomic E-state index is 9.09. The molecule has 0 atom stereocenters. The third-order valence-electron chi connectivity index (χ3n) is 2.44. The van der Waals surface area contributed by atoms with Crippen LogP contribution >= 0.6 is 0 Å². The summed E-state index contributed by atoms with van der Waals surface area (Å²) in [6, 6.07) is 3.74. The molecule has 76 valence electrons. The Bertz CT molecular complexity index is 334. The topological polar surface area (TPSA) is 38.7 Å². The Balaban J connectivity index is 2.44. The van der Waals surface area contributed by atoms with E-state index in [-0.39, 0.29) is 6.61 Å². The Kier molecular flexibility index (Phi) is 2.59. The normalized spacial score (nSPS) is 15.0. The van der Waals surface area contributed by atoms with Crippen LogP contribution in [-0.4, -0.2) is 18.3 Å². The highest BCUT2D eigenvalue weighted by atomic mass is 16.5. The molecular weight excluding hydrogens is 180 g/mol. The summed E-state index contributed by atoms with van der Waals surface area (Å²) in [6.07, 6.45) is 0.905. The zero-order chi connectivity index (χ0) is 9.97. The van der Waals surface area contributed by atoms with Gasteiger partial charge in [0.1, 0.15) is 0 Å². The van der Waals surface area contributed by atoms with Crippen molar-refractivity contribution in [1.82, 2.24) is 0 Å². The van der Waals surface area contributed by atoms with Crippen LogP contribution in [-0.2, 0) is 6.61 Å². The molecule has 1 aromatic carbocycles. The predicted octanol–water partition coefficient (Wildman–Crippen LogP) is 1.65. The second-order valence-corrected chi connectivity index (χ2v) is 3.39. The molecule has 1 aliphatic rings. The van der Waals surface area contributed by atoms with Gasteiger partial charge in [0.25, 0.3) is 0 Å². The van der Waals surface area contributed by atoms with E-state index in [1.807, 2.05) is 19.1 Å². The van der Waals surface area contributed by atoms with E-state index in [1.165, 1.54) is 0 Å². The number of benzene rings is 1. The molecule has 0 amide bonds. The van der Waals surface area contributed by atoms with Crippen LogP contribution in [0.5, 0.6) is 11.5 Å². The van der Waals surface area contributed by atoms with Crippen LogP contribution in [0.2, 0.25) is 0 Å². The second kappa shape index (κ2) is 3.88. The predicted molar refractivity (Wildman–Crippen MR) is 52.7 cm³/mol. The summed E-state index contributed by atoms with van der Waals surface area (Å²) in [5, 5.41) is 9.09. The molecule has 0 radical (unpaired) electrons. The van der Waals surface area contributed by atoms with Crippen LogP contribution in [0, 0.1) is 6.92 Å². The number of rotatable bonds is 1. The average molecular weight is 194 g/mol. The van der Waals surface area contributed by atoms with Crippen molar-refractivity contribution in [2.45, 2.75) is 20.0 Å². The smallest absolute Gasteiger partial charge is 0.164 e. The van der Waals surface area contributed by atoms with Crippen LogP contribution in [0.4, 0.5) is 0 Å². The lowest BCUT2D eigenvalue weighted by Crippen LogP contribution is -1.98. The van der Waals surface area contributed by atoms with Crippen molar-refractivity contribution in [2.75, 3.05) is 13.2 Å². The van der Waals surface area contributed by atoms with E-state index in [2.05, 4.69) is 0 Å². The molecule has 14 heavy (non-hydrogen) atoms. The summed E-state index contributed by atoms with van der Waals surface area (Å²) in [5.74, 6) is 1.58. The second-order valence-electron chi connectivity index (χ2n) is 3.39. The fourth-order valence-corrected chi connectivity index (χ4v) is 1.59. The van der Waals surface area contributed by atoms with E-state index >= 15 is 0 Å². The van der Waals surface area contributed by atoms with Crippen molar-refractivity contribution in [3.05, 3.63) is 23.3 Å². The molecule has 1 aromatic rings. The molecule has 3 nitrogen and oxygen atoms in total. The zero-order valence-corrected chi connectivity index (χ0v) is 8.25. The third kappa shape index (κ3) is 1.55. The lowest BCUT2D eigenvalue weighted by Gasteiger charge is -2.12. The summed E-state index contributed by atoms with van der Waals surface area (Å²) in [7, 11) is 0. The van der Waals surface area contributed by atoms with Gasteiger partial charge in [0, 0.05) is 12.0 Å². The first kappa shape index (κ1) is 9.34. The summed E-state index contributed by atoms with van der Waals surface area (Å²) in [4.78, 5) is 0. The highest BCUT2D eigenvalue weighted by Crippen LogP contribution is 2.34. The summed E-state index contributed by atoms with van der Waals surface area (Å²) in [6.45, 7) is 3.37. The molecule has 0 unspecified atom stereocenters. The van der Waals surface area contributed by atoms with Crippen molar-refractivity contribution in [2.24, 2.45) is 0 Å². The van der Waals surface area contributed by atoms with Crippen molar-refractivity contribution < 1.29 is 14.6 Å². The first-order chi connectivity index (χ1) is 6.83. The zero-order valence-electron chi connectivity index (χ0n) is 8.25. The fourth-order valence-electron chi connectivity index (χ4n) is 1.59. The van der Waals surface area contributed by atoms with Gasteiger partial charge in [-0.3, -0.25) is 0 Å². The van der Waals surface area contributed by atoms with Crippen LogP contribution in [0.25, 0.3) is 0 Å². The molecule has 0 fully saturated rings. The third-order valence-corrected chi connectivity index (χ3v) is 2.44. The van der Waals surface area contributed by atoms with Gasteiger partial charge in [-0.2, -0.15) is 0 Å². The molecule has 1 aliphatic heterocycles. The van der Waals surface area contributed by atoms with Gasteiger partial charge in [-0.05, 0) is 18.6 Å².